The van der Waals surface area contributed by atoms with Gasteiger partial charge in [-0.05, 0) is 31.6 Å². The smallest absolute Gasteiger partial charge is 0.229 e. The molecule has 0 aliphatic heterocycles. The molecule has 1 aromatic rings. The van der Waals surface area contributed by atoms with E-state index in [1.165, 1.54) is 0 Å². The molecule has 1 aromatic heterocycles. The molecule has 2 rings (SSSR count). The summed E-state index contributed by atoms with van der Waals surface area (Å²) in [6, 6.07) is 0. The van der Waals surface area contributed by atoms with Gasteiger partial charge in [0.1, 0.15) is 6.61 Å². The molecule has 0 spiro atoms. The van der Waals surface area contributed by atoms with Crippen molar-refractivity contribution in [2.45, 2.75) is 58.2 Å². The van der Waals surface area contributed by atoms with Gasteiger partial charge in [-0.3, -0.25) is 0 Å². The molecule has 0 atom stereocenters. The van der Waals surface area contributed by atoms with Crippen LogP contribution < -0.4 is 0 Å². The molecule has 5 nitrogen and oxygen atoms in total. The topological polar surface area (TPSA) is 68.4 Å². The van der Waals surface area contributed by atoms with Crippen molar-refractivity contribution in [1.82, 2.24) is 10.1 Å². The second-order valence-corrected chi connectivity index (χ2v) is 5.34. The summed E-state index contributed by atoms with van der Waals surface area (Å²) in [5.74, 6) is 2.01. The van der Waals surface area contributed by atoms with Crippen LogP contribution in [0.2, 0.25) is 0 Å². The standard InChI is InChI=1S/C13H22N2O3/c1-9(2)13-14-12(15-18-13)8-17-11-5-3-10(7-16)4-6-11/h9-11,16H,3-8H2,1-2H3. The minimum Gasteiger partial charge on any atom is -0.396 e. The average molecular weight is 254 g/mol. The summed E-state index contributed by atoms with van der Waals surface area (Å²) >= 11 is 0. The highest BCUT2D eigenvalue weighted by Crippen LogP contribution is 2.26. The van der Waals surface area contributed by atoms with Gasteiger partial charge in [0.25, 0.3) is 0 Å². The second kappa shape index (κ2) is 6.29. The van der Waals surface area contributed by atoms with E-state index in [2.05, 4.69) is 10.1 Å². The normalized spacial score (nSPS) is 24.7. The first-order chi connectivity index (χ1) is 8.69. The van der Waals surface area contributed by atoms with Crippen molar-refractivity contribution in [2.75, 3.05) is 6.61 Å². The minimum absolute atomic E-state index is 0.256. The van der Waals surface area contributed by atoms with E-state index in [1.54, 1.807) is 0 Å². The first-order valence-electron chi connectivity index (χ1n) is 6.74. The molecule has 1 aliphatic rings. The maximum Gasteiger partial charge on any atom is 0.229 e. The van der Waals surface area contributed by atoms with Crippen LogP contribution in [-0.4, -0.2) is 28.0 Å². The van der Waals surface area contributed by atoms with E-state index in [9.17, 15) is 0 Å². The summed E-state index contributed by atoms with van der Waals surface area (Å²) in [5.41, 5.74) is 0. The summed E-state index contributed by atoms with van der Waals surface area (Å²) in [6.45, 7) is 4.77. The molecule has 0 saturated heterocycles. The number of aromatic nitrogens is 2. The van der Waals surface area contributed by atoms with E-state index in [1.807, 2.05) is 13.8 Å². The monoisotopic (exact) mass is 254 g/mol. The molecule has 1 fully saturated rings. The highest BCUT2D eigenvalue weighted by atomic mass is 16.5. The molecule has 5 heteroatoms. The van der Waals surface area contributed by atoms with Crippen molar-refractivity contribution >= 4 is 0 Å². The Bertz CT molecular complexity index is 357. The molecule has 0 amide bonds. The first kappa shape index (κ1) is 13.5. The van der Waals surface area contributed by atoms with Crippen LogP contribution in [0.3, 0.4) is 0 Å². The van der Waals surface area contributed by atoms with E-state index >= 15 is 0 Å². The van der Waals surface area contributed by atoms with Crippen LogP contribution in [0.15, 0.2) is 4.52 Å². The largest absolute Gasteiger partial charge is 0.396 e. The number of aliphatic hydroxyl groups is 1. The number of rotatable bonds is 5. The minimum atomic E-state index is 0.256. The molecule has 0 unspecified atom stereocenters. The summed E-state index contributed by atoms with van der Waals surface area (Å²) in [6.07, 6.45) is 4.39. The van der Waals surface area contributed by atoms with E-state index in [0.29, 0.717) is 30.8 Å². The Morgan fingerprint density at radius 1 is 1.33 bits per heavy atom. The average Bonchev–Trinajstić information content (AvgIpc) is 2.86. The van der Waals surface area contributed by atoms with Gasteiger partial charge in [0.2, 0.25) is 5.89 Å². The van der Waals surface area contributed by atoms with E-state index in [-0.39, 0.29) is 12.0 Å². The lowest BCUT2D eigenvalue weighted by molar-refractivity contribution is -0.00224. The van der Waals surface area contributed by atoms with Crippen molar-refractivity contribution in [3.63, 3.8) is 0 Å². The Morgan fingerprint density at radius 3 is 2.61 bits per heavy atom. The van der Waals surface area contributed by atoms with E-state index < -0.39 is 0 Å². The summed E-state index contributed by atoms with van der Waals surface area (Å²) < 4.78 is 10.9. The number of aliphatic hydroxyl groups excluding tert-OH is 1. The van der Waals surface area contributed by atoms with Gasteiger partial charge >= 0.3 is 0 Å². The molecule has 0 bridgehead atoms. The molecular weight excluding hydrogens is 232 g/mol. The van der Waals surface area contributed by atoms with Crippen LogP contribution in [0.5, 0.6) is 0 Å². The zero-order valence-corrected chi connectivity index (χ0v) is 11.1. The third-order valence-corrected chi connectivity index (χ3v) is 3.48. The lowest BCUT2D eigenvalue weighted by atomic mass is 9.88. The Hall–Kier alpha value is -0.940. The second-order valence-electron chi connectivity index (χ2n) is 5.34. The van der Waals surface area contributed by atoms with Gasteiger partial charge in [0.15, 0.2) is 5.82 Å². The fraction of sp³-hybridized carbons (Fsp3) is 0.846. The number of ether oxygens (including phenoxy) is 1. The van der Waals surface area contributed by atoms with Crippen molar-refractivity contribution in [3.05, 3.63) is 11.7 Å². The van der Waals surface area contributed by atoms with Crippen LogP contribution in [0.1, 0.15) is 57.2 Å². The van der Waals surface area contributed by atoms with Gasteiger partial charge < -0.3 is 14.4 Å². The van der Waals surface area contributed by atoms with Crippen molar-refractivity contribution in [1.29, 1.82) is 0 Å². The molecule has 0 radical (unpaired) electrons. The Labute approximate surface area is 108 Å². The van der Waals surface area contributed by atoms with Gasteiger partial charge in [0, 0.05) is 12.5 Å². The van der Waals surface area contributed by atoms with Crippen LogP contribution in [0.4, 0.5) is 0 Å². The van der Waals surface area contributed by atoms with Crippen molar-refractivity contribution in [3.8, 4) is 0 Å². The van der Waals surface area contributed by atoms with Crippen molar-refractivity contribution in [2.24, 2.45) is 5.92 Å². The van der Waals surface area contributed by atoms with E-state index in [0.717, 1.165) is 25.7 Å². The lowest BCUT2D eigenvalue weighted by Gasteiger charge is -2.26. The van der Waals surface area contributed by atoms with Gasteiger partial charge in [0.05, 0.1) is 6.10 Å². The molecule has 102 valence electrons. The van der Waals surface area contributed by atoms with Crippen molar-refractivity contribution < 1.29 is 14.4 Å². The fourth-order valence-corrected chi connectivity index (χ4v) is 2.23. The Balaban J connectivity index is 1.74. The third-order valence-electron chi connectivity index (χ3n) is 3.48. The molecule has 1 saturated carbocycles. The number of hydrogen-bond donors (Lipinski definition) is 1. The Kier molecular flexibility index (Phi) is 4.72. The zero-order valence-electron chi connectivity index (χ0n) is 11.1. The SMILES string of the molecule is CC(C)c1nc(COC2CCC(CO)CC2)no1. The van der Waals surface area contributed by atoms with Crippen LogP contribution in [0, 0.1) is 5.92 Å². The predicted octanol–water partition coefficient (Wildman–Crippen LogP) is 2.26. The van der Waals surface area contributed by atoms with Gasteiger partial charge in [-0.2, -0.15) is 4.98 Å². The maximum atomic E-state index is 9.07. The zero-order chi connectivity index (χ0) is 13.0. The first-order valence-corrected chi connectivity index (χ1v) is 6.74. The quantitative estimate of drug-likeness (QED) is 0.873. The summed E-state index contributed by atoms with van der Waals surface area (Å²) in [4.78, 5) is 4.28. The maximum absolute atomic E-state index is 9.07. The van der Waals surface area contributed by atoms with Gasteiger partial charge in [-0.1, -0.05) is 19.0 Å². The summed E-state index contributed by atoms with van der Waals surface area (Å²) in [5, 5.41) is 13.0. The third kappa shape index (κ3) is 3.53. The fourth-order valence-electron chi connectivity index (χ4n) is 2.23. The Morgan fingerprint density at radius 2 is 2.06 bits per heavy atom. The number of hydrogen-bond acceptors (Lipinski definition) is 5. The summed E-state index contributed by atoms with van der Waals surface area (Å²) in [7, 11) is 0. The number of nitrogens with zero attached hydrogens (tertiary/aromatic N) is 2. The van der Waals surface area contributed by atoms with Gasteiger partial charge in [-0.25, -0.2) is 0 Å². The predicted molar refractivity (Wildman–Crippen MR) is 66.0 cm³/mol. The molecular formula is C13H22N2O3. The molecule has 1 heterocycles. The van der Waals surface area contributed by atoms with Crippen LogP contribution in [0.25, 0.3) is 0 Å². The molecule has 0 aromatic carbocycles. The molecule has 1 aliphatic carbocycles. The molecule has 18 heavy (non-hydrogen) atoms. The van der Waals surface area contributed by atoms with E-state index in [4.69, 9.17) is 14.4 Å². The highest BCUT2D eigenvalue weighted by Gasteiger charge is 2.21. The van der Waals surface area contributed by atoms with Gasteiger partial charge in [-0.15, -0.1) is 0 Å². The van der Waals surface area contributed by atoms with Crippen LogP contribution in [-0.2, 0) is 11.3 Å². The van der Waals surface area contributed by atoms with Crippen LogP contribution >= 0.6 is 0 Å². The lowest BCUT2D eigenvalue weighted by Crippen LogP contribution is -2.23. The molecule has 1 N–H and O–H groups in total. The highest BCUT2D eigenvalue weighted by molar-refractivity contribution is 4.89.